The Morgan fingerprint density at radius 2 is 2.35 bits per heavy atom. The first-order chi connectivity index (χ1) is 11.2. The van der Waals surface area contributed by atoms with Gasteiger partial charge in [-0.15, -0.1) is 0 Å². The van der Waals surface area contributed by atoms with Crippen molar-refractivity contribution in [3.8, 4) is 17.4 Å². The van der Waals surface area contributed by atoms with Crippen molar-refractivity contribution in [2.24, 2.45) is 0 Å². The molecular weight excluding hydrogens is 292 g/mol. The van der Waals surface area contributed by atoms with Crippen LogP contribution in [-0.4, -0.2) is 29.0 Å². The molecule has 23 heavy (non-hydrogen) atoms. The number of nitriles is 1. The van der Waals surface area contributed by atoms with Crippen molar-refractivity contribution < 1.29 is 9.21 Å². The molecule has 6 heteroatoms. The highest BCUT2D eigenvalue weighted by atomic mass is 16.4. The summed E-state index contributed by atoms with van der Waals surface area (Å²) in [6.45, 7) is 0. The summed E-state index contributed by atoms with van der Waals surface area (Å²) in [4.78, 5) is 16.4. The van der Waals surface area contributed by atoms with E-state index in [2.05, 4.69) is 21.7 Å². The molecule has 2 aliphatic rings. The Kier molecular flexibility index (Phi) is 3.36. The van der Waals surface area contributed by atoms with E-state index in [0.29, 0.717) is 23.4 Å². The Morgan fingerprint density at radius 3 is 3.09 bits per heavy atom. The normalized spacial score (nSPS) is 25.3. The average Bonchev–Trinajstić information content (AvgIpc) is 3.31. The van der Waals surface area contributed by atoms with E-state index in [1.165, 1.54) is 12.6 Å². The Balaban J connectivity index is 1.49. The van der Waals surface area contributed by atoms with Crippen molar-refractivity contribution in [1.82, 2.24) is 15.6 Å². The summed E-state index contributed by atoms with van der Waals surface area (Å²) in [5.41, 5.74) is 1.27. The van der Waals surface area contributed by atoms with Crippen LogP contribution in [0.1, 0.15) is 35.5 Å². The first-order valence-corrected chi connectivity index (χ1v) is 7.76. The van der Waals surface area contributed by atoms with Crippen molar-refractivity contribution in [3.05, 3.63) is 41.9 Å². The molecule has 0 radical (unpaired) electrons. The maximum absolute atomic E-state index is 12.3. The zero-order chi connectivity index (χ0) is 15.8. The molecule has 2 aliphatic heterocycles. The summed E-state index contributed by atoms with van der Waals surface area (Å²) < 4.78 is 5.57. The van der Waals surface area contributed by atoms with Gasteiger partial charge in [-0.05, 0) is 31.4 Å². The first-order valence-electron chi connectivity index (χ1n) is 7.76. The van der Waals surface area contributed by atoms with Crippen LogP contribution < -0.4 is 10.6 Å². The SMILES string of the molecule is N#Cc1cccc(-c2cnc(C(=O)NC3CC4CCC3N4)o2)c1. The Bertz CT molecular complexity index is 792. The number of rotatable bonds is 3. The Morgan fingerprint density at radius 1 is 1.43 bits per heavy atom. The third-order valence-corrected chi connectivity index (χ3v) is 4.59. The topological polar surface area (TPSA) is 91.0 Å². The molecular formula is C17H16N4O2. The third kappa shape index (κ3) is 2.60. The lowest BCUT2D eigenvalue weighted by Gasteiger charge is -2.20. The predicted molar refractivity (Wildman–Crippen MR) is 82.5 cm³/mol. The highest BCUT2D eigenvalue weighted by Gasteiger charge is 2.40. The van der Waals surface area contributed by atoms with E-state index in [9.17, 15) is 4.79 Å². The molecule has 1 aromatic heterocycles. The van der Waals surface area contributed by atoms with E-state index in [0.717, 1.165) is 18.4 Å². The van der Waals surface area contributed by atoms with Crippen LogP contribution >= 0.6 is 0 Å². The Hall–Kier alpha value is -2.65. The van der Waals surface area contributed by atoms with Gasteiger partial charge in [-0.2, -0.15) is 5.26 Å². The molecule has 2 fully saturated rings. The monoisotopic (exact) mass is 308 g/mol. The van der Waals surface area contributed by atoms with E-state index in [-0.39, 0.29) is 17.8 Å². The standard InChI is InChI=1S/C17H16N4O2/c18-8-10-2-1-3-11(6-10)15-9-19-17(23-15)16(22)21-14-7-12-4-5-13(14)20-12/h1-3,6,9,12-14,20H,4-5,7H2,(H,21,22). The van der Waals surface area contributed by atoms with Crippen molar-refractivity contribution in [2.75, 3.05) is 0 Å². The quantitative estimate of drug-likeness (QED) is 0.902. The minimum absolute atomic E-state index is 0.0603. The molecule has 0 saturated carbocycles. The fraction of sp³-hybridized carbons (Fsp3) is 0.353. The van der Waals surface area contributed by atoms with Gasteiger partial charge in [-0.25, -0.2) is 4.98 Å². The highest BCUT2D eigenvalue weighted by Crippen LogP contribution is 2.28. The molecule has 2 aromatic rings. The number of hydrogen-bond donors (Lipinski definition) is 2. The van der Waals surface area contributed by atoms with Crippen molar-refractivity contribution in [1.29, 1.82) is 5.26 Å². The number of aromatic nitrogens is 1. The van der Waals surface area contributed by atoms with Crippen LogP contribution in [0, 0.1) is 11.3 Å². The molecule has 2 saturated heterocycles. The molecule has 3 heterocycles. The van der Waals surface area contributed by atoms with E-state index < -0.39 is 0 Å². The average molecular weight is 308 g/mol. The van der Waals surface area contributed by atoms with Crippen molar-refractivity contribution in [2.45, 2.75) is 37.4 Å². The van der Waals surface area contributed by atoms with Crippen LogP contribution in [0.5, 0.6) is 0 Å². The molecule has 3 atom stereocenters. The van der Waals surface area contributed by atoms with Crippen LogP contribution in [0.3, 0.4) is 0 Å². The van der Waals surface area contributed by atoms with Gasteiger partial charge in [-0.1, -0.05) is 12.1 Å². The van der Waals surface area contributed by atoms with Crippen LogP contribution in [0.2, 0.25) is 0 Å². The summed E-state index contributed by atoms with van der Waals surface area (Å²) in [6, 6.07) is 10.2. The smallest absolute Gasteiger partial charge is 0.307 e. The lowest BCUT2D eigenvalue weighted by molar-refractivity contribution is 0.0896. The summed E-state index contributed by atoms with van der Waals surface area (Å²) in [5, 5.41) is 15.4. The minimum Gasteiger partial charge on any atom is -0.432 e. The zero-order valence-corrected chi connectivity index (χ0v) is 12.5. The van der Waals surface area contributed by atoms with Gasteiger partial charge in [0.25, 0.3) is 5.89 Å². The molecule has 1 amide bonds. The number of benzene rings is 1. The summed E-state index contributed by atoms with van der Waals surface area (Å²) in [6.07, 6.45) is 4.78. The van der Waals surface area contributed by atoms with E-state index in [4.69, 9.17) is 9.68 Å². The summed E-state index contributed by atoms with van der Waals surface area (Å²) >= 11 is 0. The van der Waals surface area contributed by atoms with E-state index in [1.54, 1.807) is 18.2 Å². The van der Waals surface area contributed by atoms with Gasteiger partial charge >= 0.3 is 5.91 Å². The number of nitrogens with zero attached hydrogens (tertiary/aromatic N) is 2. The second-order valence-corrected chi connectivity index (χ2v) is 6.09. The van der Waals surface area contributed by atoms with Gasteiger partial charge in [0.05, 0.1) is 17.8 Å². The Labute approximate surface area is 133 Å². The predicted octanol–water partition coefficient (Wildman–Crippen LogP) is 1.84. The summed E-state index contributed by atoms with van der Waals surface area (Å²) in [7, 11) is 0. The molecule has 1 aromatic carbocycles. The largest absolute Gasteiger partial charge is 0.432 e. The fourth-order valence-corrected chi connectivity index (χ4v) is 3.47. The third-order valence-electron chi connectivity index (χ3n) is 4.59. The number of nitrogens with one attached hydrogen (secondary N) is 2. The molecule has 6 nitrogen and oxygen atoms in total. The van der Waals surface area contributed by atoms with Crippen LogP contribution in [0.4, 0.5) is 0 Å². The summed E-state index contributed by atoms with van der Waals surface area (Å²) in [5.74, 6) is 0.260. The van der Waals surface area contributed by atoms with Gasteiger partial charge in [0.1, 0.15) is 0 Å². The molecule has 3 unspecified atom stereocenters. The second-order valence-electron chi connectivity index (χ2n) is 6.09. The minimum atomic E-state index is -0.285. The maximum atomic E-state index is 12.3. The highest BCUT2D eigenvalue weighted by molar-refractivity contribution is 5.90. The number of hydrogen-bond acceptors (Lipinski definition) is 5. The first kappa shape index (κ1) is 14.0. The van der Waals surface area contributed by atoms with Gasteiger partial charge in [-0.3, -0.25) is 4.79 Å². The van der Waals surface area contributed by atoms with Gasteiger partial charge in [0, 0.05) is 23.7 Å². The molecule has 116 valence electrons. The molecule has 2 N–H and O–H groups in total. The molecule has 0 spiro atoms. The lowest BCUT2D eigenvalue weighted by Crippen LogP contribution is -2.43. The van der Waals surface area contributed by atoms with E-state index >= 15 is 0 Å². The number of amides is 1. The van der Waals surface area contributed by atoms with Gasteiger partial charge in [0.15, 0.2) is 5.76 Å². The zero-order valence-electron chi connectivity index (χ0n) is 12.5. The fourth-order valence-electron chi connectivity index (χ4n) is 3.47. The lowest BCUT2D eigenvalue weighted by atomic mass is 9.95. The molecule has 2 bridgehead atoms. The van der Waals surface area contributed by atoms with Crippen molar-refractivity contribution in [3.63, 3.8) is 0 Å². The van der Waals surface area contributed by atoms with E-state index in [1.807, 2.05) is 6.07 Å². The van der Waals surface area contributed by atoms with Crippen molar-refractivity contribution >= 4 is 5.91 Å². The number of carbonyl (C=O) groups is 1. The van der Waals surface area contributed by atoms with Gasteiger partial charge in [0.2, 0.25) is 0 Å². The number of oxazole rings is 1. The molecule has 4 rings (SSSR count). The van der Waals surface area contributed by atoms with Crippen LogP contribution in [0.15, 0.2) is 34.9 Å². The number of carbonyl (C=O) groups excluding carboxylic acids is 1. The maximum Gasteiger partial charge on any atom is 0.307 e. The van der Waals surface area contributed by atoms with Gasteiger partial charge < -0.3 is 15.1 Å². The number of fused-ring (bicyclic) bond motifs is 2. The van der Waals surface area contributed by atoms with Crippen LogP contribution in [-0.2, 0) is 0 Å². The second kappa shape index (κ2) is 5.52. The molecule has 0 aliphatic carbocycles. The van der Waals surface area contributed by atoms with Crippen LogP contribution in [0.25, 0.3) is 11.3 Å².